The molecule has 0 aliphatic heterocycles. The van der Waals surface area contributed by atoms with Crippen LogP contribution in [0.4, 0.5) is 11.5 Å². The summed E-state index contributed by atoms with van der Waals surface area (Å²) < 4.78 is 0. The van der Waals surface area contributed by atoms with Gasteiger partial charge in [0.05, 0.1) is 17.4 Å². The number of pyridine rings is 1. The van der Waals surface area contributed by atoms with Crippen LogP contribution in [0.1, 0.15) is 36.4 Å². The third kappa shape index (κ3) is 3.01. The minimum Gasteiger partial charge on any atom is -0.397 e. The van der Waals surface area contributed by atoms with Crippen LogP contribution in [0.3, 0.4) is 0 Å². The standard InChI is InChI=1S/C14H19N3S/c1-3-5-12(13-6-4-9-18-13)17-14-8-7-11(15)10(2)16-14/h4,6-9,12H,3,5,15H2,1-2H3,(H,16,17). The normalized spacial score (nSPS) is 12.3. The maximum Gasteiger partial charge on any atom is 0.126 e. The zero-order valence-corrected chi connectivity index (χ0v) is 11.6. The molecule has 0 aliphatic rings. The van der Waals surface area contributed by atoms with Crippen LogP contribution in [0.2, 0.25) is 0 Å². The van der Waals surface area contributed by atoms with Crippen LogP contribution in [0.25, 0.3) is 0 Å². The minimum atomic E-state index is 0.338. The molecule has 0 saturated heterocycles. The molecule has 3 N–H and O–H groups in total. The summed E-state index contributed by atoms with van der Waals surface area (Å²) in [4.78, 5) is 5.83. The molecule has 0 saturated carbocycles. The summed E-state index contributed by atoms with van der Waals surface area (Å²) in [6.07, 6.45) is 2.25. The van der Waals surface area contributed by atoms with Crippen molar-refractivity contribution in [2.45, 2.75) is 32.7 Å². The molecule has 2 aromatic heterocycles. The Balaban J connectivity index is 2.16. The van der Waals surface area contributed by atoms with E-state index in [-0.39, 0.29) is 0 Å². The molecule has 2 aromatic rings. The van der Waals surface area contributed by atoms with Gasteiger partial charge in [-0.05, 0) is 36.9 Å². The summed E-state index contributed by atoms with van der Waals surface area (Å²) in [6.45, 7) is 4.13. The largest absolute Gasteiger partial charge is 0.397 e. The second-order valence-corrected chi connectivity index (χ2v) is 5.35. The minimum absolute atomic E-state index is 0.338. The van der Waals surface area contributed by atoms with Crippen molar-refractivity contribution in [2.24, 2.45) is 0 Å². The van der Waals surface area contributed by atoms with Crippen LogP contribution < -0.4 is 11.1 Å². The molecule has 2 heterocycles. The number of hydrogen-bond donors (Lipinski definition) is 2. The predicted octanol–water partition coefficient (Wildman–Crippen LogP) is 3.99. The maximum atomic E-state index is 5.78. The quantitative estimate of drug-likeness (QED) is 0.855. The van der Waals surface area contributed by atoms with E-state index in [0.29, 0.717) is 6.04 Å². The number of nitrogen functional groups attached to an aromatic ring is 1. The molecule has 0 aromatic carbocycles. The Kier molecular flexibility index (Phi) is 4.20. The second-order valence-electron chi connectivity index (χ2n) is 4.37. The van der Waals surface area contributed by atoms with E-state index in [1.807, 2.05) is 19.1 Å². The van der Waals surface area contributed by atoms with E-state index in [9.17, 15) is 0 Å². The number of nitrogens with two attached hydrogens (primary N) is 1. The first-order valence-electron chi connectivity index (χ1n) is 6.23. The number of thiophene rings is 1. The Labute approximate surface area is 112 Å². The fourth-order valence-electron chi connectivity index (χ4n) is 1.89. The zero-order valence-electron chi connectivity index (χ0n) is 10.8. The fourth-order valence-corrected chi connectivity index (χ4v) is 2.71. The van der Waals surface area contributed by atoms with Gasteiger partial charge in [0, 0.05) is 4.88 Å². The number of aryl methyl sites for hydroxylation is 1. The molecule has 4 heteroatoms. The molecule has 1 unspecified atom stereocenters. The average Bonchev–Trinajstić information content (AvgIpc) is 2.87. The highest BCUT2D eigenvalue weighted by atomic mass is 32.1. The lowest BCUT2D eigenvalue weighted by Gasteiger charge is -2.18. The smallest absolute Gasteiger partial charge is 0.126 e. The van der Waals surface area contributed by atoms with Crippen molar-refractivity contribution in [1.29, 1.82) is 0 Å². The van der Waals surface area contributed by atoms with Crippen LogP contribution >= 0.6 is 11.3 Å². The van der Waals surface area contributed by atoms with Gasteiger partial charge in [0.1, 0.15) is 5.82 Å². The molecule has 0 aliphatic carbocycles. The van der Waals surface area contributed by atoms with E-state index in [2.05, 4.69) is 34.7 Å². The molecule has 18 heavy (non-hydrogen) atoms. The highest BCUT2D eigenvalue weighted by molar-refractivity contribution is 7.10. The maximum absolute atomic E-state index is 5.78. The fraction of sp³-hybridized carbons (Fsp3) is 0.357. The number of nitrogens with one attached hydrogen (secondary N) is 1. The Bertz CT molecular complexity index is 494. The van der Waals surface area contributed by atoms with E-state index in [1.54, 1.807) is 11.3 Å². The third-order valence-electron chi connectivity index (χ3n) is 2.91. The molecule has 0 spiro atoms. The third-order valence-corrected chi connectivity index (χ3v) is 3.90. The van der Waals surface area contributed by atoms with Gasteiger partial charge in [-0.1, -0.05) is 19.4 Å². The summed E-state index contributed by atoms with van der Waals surface area (Å²) in [6, 6.07) is 8.44. The summed E-state index contributed by atoms with van der Waals surface area (Å²) in [5, 5.41) is 5.61. The van der Waals surface area contributed by atoms with Crippen LogP contribution in [0, 0.1) is 6.92 Å². The summed E-state index contributed by atoms with van der Waals surface area (Å²) in [7, 11) is 0. The zero-order chi connectivity index (χ0) is 13.0. The van der Waals surface area contributed by atoms with Gasteiger partial charge in [-0.2, -0.15) is 0 Å². The molecule has 2 rings (SSSR count). The summed E-state index contributed by atoms with van der Waals surface area (Å²) >= 11 is 1.78. The van der Waals surface area contributed by atoms with Crippen molar-refractivity contribution in [3.63, 3.8) is 0 Å². The van der Waals surface area contributed by atoms with Crippen molar-refractivity contribution in [3.05, 3.63) is 40.2 Å². The summed E-state index contributed by atoms with van der Waals surface area (Å²) in [5.74, 6) is 0.897. The van der Waals surface area contributed by atoms with E-state index in [4.69, 9.17) is 5.73 Å². The molecule has 0 amide bonds. The van der Waals surface area contributed by atoms with Gasteiger partial charge in [-0.25, -0.2) is 4.98 Å². The SMILES string of the molecule is CCCC(Nc1ccc(N)c(C)n1)c1cccs1. The van der Waals surface area contributed by atoms with Gasteiger partial charge in [0.15, 0.2) is 0 Å². The van der Waals surface area contributed by atoms with E-state index in [1.165, 1.54) is 4.88 Å². The van der Waals surface area contributed by atoms with Gasteiger partial charge in [-0.3, -0.25) is 0 Å². The van der Waals surface area contributed by atoms with Crippen molar-refractivity contribution in [2.75, 3.05) is 11.1 Å². The van der Waals surface area contributed by atoms with Crippen LogP contribution in [0.5, 0.6) is 0 Å². The lowest BCUT2D eigenvalue weighted by molar-refractivity contribution is 0.684. The van der Waals surface area contributed by atoms with Gasteiger partial charge in [0.2, 0.25) is 0 Å². The molecule has 0 radical (unpaired) electrons. The van der Waals surface area contributed by atoms with Crippen LogP contribution in [-0.4, -0.2) is 4.98 Å². The first-order valence-corrected chi connectivity index (χ1v) is 7.11. The number of hydrogen-bond acceptors (Lipinski definition) is 4. The topological polar surface area (TPSA) is 50.9 Å². The Morgan fingerprint density at radius 1 is 1.39 bits per heavy atom. The molecular weight excluding hydrogens is 242 g/mol. The molecule has 3 nitrogen and oxygen atoms in total. The van der Waals surface area contributed by atoms with Gasteiger partial charge in [-0.15, -0.1) is 11.3 Å². The monoisotopic (exact) mass is 261 g/mol. The lowest BCUT2D eigenvalue weighted by atomic mass is 10.1. The van der Waals surface area contributed by atoms with Crippen molar-refractivity contribution in [3.8, 4) is 0 Å². The summed E-state index contributed by atoms with van der Waals surface area (Å²) in [5.41, 5.74) is 7.40. The van der Waals surface area contributed by atoms with Gasteiger partial charge >= 0.3 is 0 Å². The first-order chi connectivity index (χ1) is 8.70. The van der Waals surface area contributed by atoms with Crippen molar-refractivity contribution in [1.82, 2.24) is 4.98 Å². The van der Waals surface area contributed by atoms with E-state index in [0.717, 1.165) is 30.0 Å². The average molecular weight is 261 g/mol. The van der Waals surface area contributed by atoms with Crippen molar-refractivity contribution >= 4 is 22.8 Å². The molecule has 0 bridgehead atoms. The Morgan fingerprint density at radius 2 is 2.22 bits per heavy atom. The van der Waals surface area contributed by atoms with Crippen molar-refractivity contribution < 1.29 is 0 Å². The number of aromatic nitrogens is 1. The first kappa shape index (κ1) is 12.9. The van der Waals surface area contributed by atoms with Gasteiger partial charge in [0.25, 0.3) is 0 Å². The number of rotatable bonds is 5. The Morgan fingerprint density at radius 3 is 2.83 bits per heavy atom. The van der Waals surface area contributed by atoms with Crippen LogP contribution in [-0.2, 0) is 0 Å². The van der Waals surface area contributed by atoms with E-state index < -0.39 is 0 Å². The second kappa shape index (κ2) is 5.87. The molecule has 1 atom stereocenters. The molecule has 96 valence electrons. The highest BCUT2D eigenvalue weighted by Crippen LogP contribution is 2.27. The van der Waals surface area contributed by atoms with Gasteiger partial charge < -0.3 is 11.1 Å². The Hall–Kier alpha value is -1.55. The lowest BCUT2D eigenvalue weighted by Crippen LogP contribution is -2.11. The van der Waals surface area contributed by atoms with Crippen LogP contribution in [0.15, 0.2) is 29.6 Å². The molecular formula is C14H19N3S. The number of nitrogens with zero attached hydrogens (tertiary/aromatic N) is 1. The highest BCUT2D eigenvalue weighted by Gasteiger charge is 2.12. The van der Waals surface area contributed by atoms with E-state index >= 15 is 0 Å². The predicted molar refractivity (Wildman–Crippen MR) is 79.0 cm³/mol. The number of anilines is 2. The molecule has 0 fully saturated rings.